The van der Waals surface area contributed by atoms with Crippen molar-refractivity contribution >= 4 is 38.7 Å². The normalized spacial score (nSPS) is 14.9. The molecule has 2 aromatic heterocycles. The van der Waals surface area contributed by atoms with Gasteiger partial charge >= 0.3 is 6.03 Å². The van der Waals surface area contributed by atoms with Crippen LogP contribution < -0.4 is 15.5 Å². The Labute approximate surface area is 174 Å². The van der Waals surface area contributed by atoms with Crippen LogP contribution in [-0.2, 0) is 0 Å². The van der Waals surface area contributed by atoms with Gasteiger partial charge in [-0.15, -0.1) is 0 Å². The molecule has 1 saturated heterocycles. The molecule has 7 nitrogen and oxygen atoms in total. The van der Waals surface area contributed by atoms with Crippen molar-refractivity contribution in [1.29, 1.82) is 0 Å². The van der Waals surface area contributed by atoms with Gasteiger partial charge in [0, 0.05) is 37.6 Å². The van der Waals surface area contributed by atoms with E-state index in [1.54, 1.807) is 0 Å². The molecule has 0 atom stereocenters. The van der Waals surface area contributed by atoms with Crippen molar-refractivity contribution in [2.45, 2.75) is 33.1 Å². The fourth-order valence-corrected chi connectivity index (χ4v) is 4.48. The van der Waals surface area contributed by atoms with E-state index in [2.05, 4.69) is 37.4 Å². The highest BCUT2D eigenvalue weighted by atomic mass is 32.1. The smallest absolute Gasteiger partial charge is 0.321 e. The van der Waals surface area contributed by atoms with Crippen LogP contribution in [0, 0.1) is 5.92 Å². The highest BCUT2D eigenvalue weighted by Gasteiger charge is 2.19. The van der Waals surface area contributed by atoms with Gasteiger partial charge in [0.15, 0.2) is 5.13 Å². The maximum absolute atomic E-state index is 11.7. The maximum atomic E-state index is 11.7. The first-order valence-electron chi connectivity index (χ1n) is 10.2. The van der Waals surface area contributed by atoms with Gasteiger partial charge in [-0.3, -0.25) is 5.32 Å². The molecule has 1 aliphatic heterocycles. The van der Waals surface area contributed by atoms with Gasteiger partial charge in [0.2, 0.25) is 5.95 Å². The summed E-state index contributed by atoms with van der Waals surface area (Å²) in [7, 11) is 0. The monoisotopic (exact) mass is 410 g/mol. The van der Waals surface area contributed by atoms with Crippen LogP contribution in [0.5, 0.6) is 0 Å². The lowest BCUT2D eigenvalue weighted by Crippen LogP contribution is -2.34. The van der Waals surface area contributed by atoms with Gasteiger partial charge in [-0.1, -0.05) is 30.7 Å². The van der Waals surface area contributed by atoms with Crippen LogP contribution in [0.25, 0.3) is 21.3 Å². The van der Waals surface area contributed by atoms with Crippen molar-refractivity contribution in [3.63, 3.8) is 0 Å². The molecule has 29 heavy (non-hydrogen) atoms. The zero-order chi connectivity index (χ0) is 20.2. The summed E-state index contributed by atoms with van der Waals surface area (Å²) in [4.78, 5) is 27.7. The minimum absolute atomic E-state index is 0.237. The van der Waals surface area contributed by atoms with Crippen LogP contribution in [0.3, 0.4) is 0 Å². The SMILES string of the molecule is CCNC(=O)Nc1nc2cc(-c3cnc(N4CCC(CC)CC4)nc3)ccc2s1. The molecule has 3 heterocycles. The Balaban J connectivity index is 1.48. The van der Waals surface area contributed by atoms with Crippen molar-refractivity contribution in [1.82, 2.24) is 20.3 Å². The lowest BCUT2D eigenvalue weighted by atomic mass is 9.95. The number of fused-ring (bicyclic) bond motifs is 1. The molecule has 1 fully saturated rings. The first-order chi connectivity index (χ1) is 14.2. The molecule has 0 unspecified atom stereocenters. The molecule has 0 bridgehead atoms. The maximum Gasteiger partial charge on any atom is 0.321 e. The molecular weight excluding hydrogens is 384 g/mol. The number of anilines is 2. The fraction of sp³-hybridized carbons (Fsp3) is 0.429. The first-order valence-corrected chi connectivity index (χ1v) is 11.0. The lowest BCUT2D eigenvalue weighted by molar-refractivity contribution is 0.252. The van der Waals surface area contributed by atoms with Crippen molar-refractivity contribution < 1.29 is 4.79 Å². The first kappa shape index (κ1) is 19.6. The second kappa shape index (κ2) is 8.73. The minimum Gasteiger partial charge on any atom is -0.341 e. The number of hydrogen-bond acceptors (Lipinski definition) is 6. The van der Waals surface area contributed by atoms with Gasteiger partial charge in [0.1, 0.15) is 0 Å². The number of urea groups is 1. The van der Waals surface area contributed by atoms with E-state index in [0.29, 0.717) is 11.7 Å². The van der Waals surface area contributed by atoms with E-state index in [4.69, 9.17) is 0 Å². The summed E-state index contributed by atoms with van der Waals surface area (Å²) < 4.78 is 1.02. The Morgan fingerprint density at radius 2 is 1.93 bits per heavy atom. The second-order valence-electron chi connectivity index (χ2n) is 7.30. The number of nitrogens with one attached hydrogen (secondary N) is 2. The molecule has 8 heteroatoms. The van der Waals surface area contributed by atoms with Gasteiger partial charge in [0.05, 0.1) is 10.2 Å². The number of carbonyl (C=O) groups is 1. The largest absolute Gasteiger partial charge is 0.341 e. The number of aromatic nitrogens is 3. The average Bonchev–Trinajstić information content (AvgIpc) is 3.15. The zero-order valence-corrected chi connectivity index (χ0v) is 17.6. The third-order valence-corrected chi connectivity index (χ3v) is 6.34. The van der Waals surface area contributed by atoms with E-state index in [1.165, 1.54) is 30.6 Å². The van der Waals surface area contributed by atoms with Crippen molar-refractivity contribution in [3.05, 3.63) is 30.6 Å². The van der Waals surface area contributed by atoms with Crippen LogP contribution in [0.2, 0.25) is 0 Å². The van der Waals surface area contributed by atoms with Crippen LogP contribution in [-0.4, -0.2) is 40.6 Å². The predicted molar refractivity (Wildman–Crippen MR) is 119 cm³/mol. The molecule has 152 valence electrons. The standard InChI is InChI=1S/C21H26N6OS/c1-3-14-7-9-27(10-8-14)19-23-12-16(13-24-19)15-5-6-18-17(11-15)25-21(29-18)26-20(28)22-4-2/h5-6,11-14H,3-4,7-10H2,1-2H3,(H2,22,25,26,28). The van der Waals surface area contributed by atoms with Gasteiger partial charge in [-0.2, -0.15) is 0 Å². The molecule has 0 radical (unpaired) electrons. The van der Waals surface area contributed by atoms with E-state index in [-0.39, 0.29) is 6.03 Å². The Morgan fingerprint density at radius 1 is 1.17 bits per heavy atom. The predicted octanol–water partition coefficient (Wildman–Crippen LogP) is 4.52. The summed E-state index contributed by atoms with van der Waals surface area (Å²) in [6.07, 6.45) is 7.46. The highest BCUT2D eigenvalue weighted by Crippen LogP contribution is 2.30. The Kier molecular flexibility index (Phi) is 5.89. The summed E-state index contributed by atoms with van der Waals surface area (Å²) >= 11 is 1.46. The number of piperidine rings is 1. The summed E-state index contributed by atoms with van der Waals surface area (Å²) in [5.41, 5.74) is 2.83. The van der Waals surface area contributed by atoms with Crippen LogP contribution in [0.4, 0.5) is 15.9 Å². The van der Waals surface area contributed by atoms with E-state index in [1.807, 2.05) is 37.5 Å². The molecule has 0 aliphatic carbocycles. The van der Waals surface area contributed by atoms with Crippen LogP contribution in [0.1, 0.15) is 33.1 Å². The third kappa shape index (κ3) is 4.48. The van der Waals surface area contributed by atoms with Crippen LogP contribution >= 0.6 is 11.3 Å². The molecular formula is C21H26N6OS. The number of rotatable bonds is 5. The molecule has 2 N–H and O–H groups in total. The number of hydrogen-bond donors (Lipinski definition) is 2. The van der Waals surface area contributed by atoms with E-state index in [0.717, 1.165) is 46.3 Å². The summed E-state index contributed by atoms with van der Waals surface area (Å²) in [5.74, 6) is 1.65. The van der Waals surface area contributed by atoms with E-state index >= 15 is 0 Å². The van der Waals surface area contributed by atoms with Crippen molar-refractivity contribution in [2.75, 3.05) is 29.9 Å². The highest BCUT2D eigenvalue weighted by molar-refractivity contribution is 7.22. The molecule has 4 rings (SSSR count). The minimum atomic E-state index is -0.237. The van der Waals surface area contributed by atoms with Crippen LogP contribution in [0.15, 0.2) is 30.6 Å². The van der Waals surface area contributed by atoms with E-state index in [9.17, 15) is 4.79 Å². The fourth-order valence-electron chi connectivity index (χ4n) is 3.64. The number of thiazole rings is 1. The van der Waals surface area contributed by atoms with Gasteiger partial charge in [-0.05, 0) is 43.4 Å². The number of carbonyl (C=O) groups excluding carboxylic acids is 1. The molecule has 0 saturated carbocycles. The molecule has 1 aliphatic rings. The van der Waals surface area contributed by atoms with Crippen molar-refractivity contribution in [2.24, 2.45) is 5.92 Å². The second-order valence-corrected chi connectivity index (χ2v) is 8.33. The molecule has 2 amide bonds. The summed E-state index contributed by atoms with van der Waals surface area (Å²) in [6.45, 7) is 6.79. The quantitative estimate of drug-likeness (QED) is 0.646. The Hall–Kier alpha value is -2.74. The summed E-state index contributed by atoms with van der Waals surface area (Å²) in [6, 6.07) is 5.84. The van der Waals surface area contributed by atoms with Gasteiger partial charge in [0.25, 0.3) is 0 Å². The molecule has 1 aromatic carbocycles. The summed E-state index contributed by atoms with van der Waals surface area (Å²) in [5, 5.41) is 6.07. The Bertz CT molecular complexity index is 979. The molecule has 3 aromatic rings. The number of amides is 2. The van der Waals surface area contributed by atoms with Gasteiger partial charge in [-0.25, -0.2) is 19.7 Å². The third-order valence-electron chi connectivity index (χ3n) is 5.39. The molecule has 0 spiro atoms. The lowest BCUT2D eigenvalue weighted by Gasteiger charge is -2.31. The zero-order valence-electron chi connectivity index (χ0n) is 16.8. The topological polar surface area (TPSA) is 83.0 Å². The van der Waals surface area contributed by atoms with Crippen molar-refractivity contribution in [3.8, 4) is 11.1 Å². The number of nitrogens with zero attached hydrogens (tertiary/aromatic N) is 4. The van der Waals surface area contributed by atoms with Gasteiger partial charge < -0.3 is 10.2 Å². The Morgan fingerprint density at radius 3 is 2.62 bits per heavy atom. The average molecular weight is 411 g/mol. The number of benzene rings is 1. The van der Waals surface area contributed by atoms with E-state index < -0.39 is 0 Å².